The summed E-state index contributed by atoms with van der Waals surface area (Å²) in [5, 5.41) is 9.80. The van der Waals surface area contributed by atoms with E-state index in [1.807, 2.05) is 37.3 Å². The van der Waals surface area contributed by atoms with Gasteiger partial charge in [0.15, 0.2) is 0 Å². The van der Waals surface area contributed by atoms with Crippen molar-refractivity contribution in [3.05, 3.63) is 60.1 Å². The van der Waals surface area contributed by atoms with Crippen LogP contribution < -0.4 is 4.72 Å². The predicted octanol–water partition coefficient (Wildman–Crippen LogP) is 2.04. The van der Waals surface area contributed by atoms with Crippen molar-refractivity contribution in [3.8, 4) is 0 Å². The third kappa shape index (κ3) is 4.70. The normalized spacial score (nSPS) is 14.8. The van der Waals surface area contributed by atoms with Gasteiger partial charge in [-0.25, -0.2) is 13.1 Å². The highest BCUT2D eigenvalue weighted by Gasteiger charge is 2.19. The minimum atomic E-state index is -3.47. The molecule has 2 rings (SSSR count). The second kappa shape index (κ2) is 6.89. The van der Waals surface area contributed by atoms with E-state index in [9.17, 15) is 13.5 Å². The number of hydrogen-bond donors (Lipinski definition) is 2. The molecule has 0 saturated heterocycles. The van der Waals surface area contributed by atoms with Crippen LogP contribution >= 0.6 is 0 Å². The van der Waals surface area contributed by atoms with Crippen LogP contribution in [0.4, 0.5) is 0 Å². The molecule has 0 bridgehead atoms. The number of rotatable bonds is 7. The van der Waals surface area contributed by atoms with E-state index in [-0.39, 0.29) is 18.2 Å². The van der Waals surface area contributed by atoms with Crippen LogP contribution in [0.15, 0.2) is 53.1 Å². The lowest BCUT2D eigenvalue weighted by Gasteiger charge is -2.14. The number of benzene rings is 1. The van der Waals surface area contributed by atoms with E-state index in [0.29, 0.717) is 5.76 Å². The molecule has 114 valence electrons. The smallest absolute Gasteiger partial charge is 0.212 e. The van der Waals surface area contributed by atoms with Crippen LogP contribution in [0.1, 0.15) is 30.3 Å². The van der Waals surface area contributed by atoms with Crippen LogP contribution in [0.25, 0.3) is 0 Å². The Morgan fingerprint density at radius 1 is 1.19 bits per heavy atom. The molecule has 2 N–H and O–H groups in total. The highest BCUT2D eigenvalue weighted by Crippen LogP contribution is 2.17. The molecule has 0 saturated carbocycles. The summed E-state index contributed by atoms with van der Waals surface area (Å²) in [5.41, 5.74) is 0.967. The molecule has 2 atom stereocenters. The van der Waals surface area contributed by atoms with Crippen LogP contribution in [0, 0.1) is 0 Å². The highest BCUT2D eigenvalue weighted by atomic mass is 32.2. The molecule has 21 heavy (non-hydrogen) atoms. The number of aliphatic hydroxyl groups excluding tert-OH is 1. The van der Waals surface area contributed by atoms with Gasteiger partial charge in [-0.15, -0.1) is 0 Å². The van der Waals surface area contributed by atoms with Crippen LogP contribution in [-0.4, -0.2) is 25.8 Å². The van der Waals surface area contributed by atoms with Crippen molar-refractivity contribution >= 4 is 10.0 Å². The fraction of sp³-hybridized carbons (Fsp3) is 0.333. The topological polar surface area (TPSA) is 79.5 Å². The molecule has 0 aliphatic carbocycles. The standard InChI is InChI=1S/C15H19NO4S/c1-12(13-6-3-2-4-7-13)11-21(18,19)16-10-14(17)15-8-5-9-20-15/h2-9,12,14,16-17H,10-11H2,1H3. The number of nitrogens with one attached hydrogen (secondary N) is 1. The van der Waals surface area contributed by atoms with Gasteiger partial charge in [0.1, 0.15) is 11.9 Å². The van der Waals surface area contributed by atoms with Gasteiger partial charge < -0.3 is 9.52 Å². The highest BCUT2D eigenvalue weighted by molar-refractivity contribution is 7.89. The summed E-state index contributed by atoms with van der Waals surface area (Å²) in [6, 6.07) is 12.7. The van der Waals surface area contributed by atoms with Crippen molar-refractivity contribution in [1.82, 2.24) is 4.72 Å². The third-order valence-corrected chi connectivity index (χ3v) is 4.75. The minimum absolute atomic E-state index is 0.0259. The summed E-state index contributed by atoms with van der Waals surface area (Å²) in [4.78, 5) is 0. The largest absolute Gasteiger partial charge is 0.467 e. The summed E-state index contributed by atoms with van der Waals surface area (Å²) in [6.07, 6.45) is 0.451. The van der Waals surface area contributed by atoms with Crippen LogP contribution in [0.5, 0.6) is 0 Å². The first kappa shape index (κ1) is 15.8. The van der Waals surface area contributed by atoms with E-state index < -0.39 is 16.1 Å². The SMILES string of the molecule is CC(CS(=O)(=O)NCC(O)c1ccco1)c1ccccc1. The summed E-state index contributed by atoms with van der Waals surface area (Å²) >= 11 is 0. The van der Waals surface area contributed by atoms with Gasteiger partial charge in [0.25, 0.3) is 0 Å². The lowest BCUT2D eigenvalue weighted by atomic mass is 10.0. The van der Waals surface area contributed by atoms with Gasteiger partial charge in [-0.05, 0) is 23.6 Å². The monoisotopic (exact) mass is 309 g/mol. The van der Waals surface area contributed by atoms with E-state index in [1.54, 1.807) is 12.1 Å². The summed E-state index contributed by atoms with van der Waals surface area (Å²) < 4.78 is 31.5. The Hall–Kier alpha value is -1.63. The molecule has 1 aromatic carbocycles. The maximum absolute atomic E-state index is 12.0. The lowest BCUT2D eigenvalue weighted by Crippen LogP contribution is -2.32. The molecule has 0 amide bonds. The van der Waals surface area contributed by atoms with Crippen molar-refractivity contribution in [3.63, 3.8) is 0 Å². The Labute approximate surface area is 124 Å². The fourth-order valence-electron chi connectivity index (χ4n) is 2.05. The molecular weight excluding hydrogens is 290 g/mol. The second-order valence-corrected chi connectivity index (χ2v) is 6.82. The first-order chi connectivity index (χ1) is 9.98. The maximum atomic E-state index is 12.0. The van der Waals surface area contributed by atoms with E-state index in [4.69, 9.17) is 4.42 Å². The predicted molar refractivity (Wildman–Crippen MR) is 80.3 cm³/mol. The fourth-order valence-corrected chi connectivity index (χ4v) is 3.43. The van der Waals surface area contributed by atoms with Gasteiger partial charge in [0.2, 0.25) is 10.0 Å². The van der Waals surface area contributed by atoms with E-state index in [2.05, 4.69) is 4.72 Å². The molecule has 2 unspecified atom stereocenters. The average molecular weight is 309 g/mol. The van der Waals surface area contributed by atoms with Gasteiger partial charge in [0, 0.05) is 6.54 Å². The lowest BCUT2D eigenvalue weighted by molar-refractivity contribution is 0.154. The van der Waals surface area contributed by atoms with Gasteiger partial charge >= 0.3 is 0 Å². The van der Waals surface area contributed by atoms with Crippen molar-refractivity contribution in [2.24, 2.45) is 0 Å². The van der Waals surface area contributed by atoms with E-state index in [1.165, 1.54) is 6.26 Å². The molecule has 1 heterocycles. The number of furan rings is 1. The Bertz CT molecular complexity index is 638. The average Bonchev–Trinajstić information content (AvgIpc) is 2.99. The number of aliphatic hydroxyl groups is 1. The number of hydrogen-bond acceptors (Lipinski definition) is 4. The zero-order chi connectivity index (χ0) is 15.3. The molecule has 0 spiro atoms. The molecule has 0 radical (unpaired) electrons. The minimum Gasteiger partial charge on any atom is -0.467 e. The molecule has 0 aliphatic rings. The van der Waals surface area contributed by atoms with Crippen LogP contribution in [0.2, 0.25) is 0 Å². The summed E-state index contributed by atoms with van der Waals surface area (Å²) in [7, 11) is -3.47. The van der Waals surface area contributed by atoms with Crippen molar-refractivity contribution in [2.75, 3.05) is 12.3 Å². The molecule has 0 aliphatic heterocycles. The summed E-state index contributed by atoms with van der Waals surface area (Å²) in [5.74, 6) is 0.195. The molecule has 1 aromatic heterocycles. The van der Waals surface area contributed by atoms with Crippen molar-refractivity contribution in [2.45, 2.75) is 18.9 Å². The molecule has 2 aromatic rings. The zero-order valence-corrected chi connectivity index (χ0v) is 12.6. The zero-order valence-electron chi connectivity index (χ0n) is 11.8. The first-order valence-electron chi connectivity index (χ1n) is 6.71. The first-order valence-corrected chi connectivity index (χ1v) is 8.37. The van der Waals surface area contributed by atoms with Gasteiger partial charge in [-0.2, -0.15) is 0 Å². The Morgan fingerprint density at radius 2 is 1.90 bits per heavy atom. The molecule has 0 fully saturated rings. The Balaban J connectivity index is 1.90. The quantitative estimate of drug-likeness (QED) is 0.820. The Morgan fingerprint density at radius 3 is 2.52 bits per heavy atom. The molecule has 5 nitrogen and oxygen atoms in total. The van der Waals surface area contributed by atoms with E-state index in [0.717, 1.165) is 5.56 Å². The molecule has 6 heteroatoms. The van der Waals surface area contributed by atoms with Gasteiger partial charge in [-0.3, -0.25) is 0 Å². The van der Waals surface area contributed by atoms with Crippen LogP contribution in [0.3, 0.4) is 0 Å². The summed E-state index contributed by atoms with van der Waals surface area (Å²) in [6.45, 7) is 1.76. The molecular formula is C15H19NO4S. The van der Waals surface area contributed by atoms with Gasteiger partial charge in [-0.1, -0.05) is 37.3 Å². The van der Waals surface area contributed by atoms with Crippen molar-refractivity contribution in [1.29, 1.82) is 0 Å². The van der Waals surface area contributed by atoms with Gasteiger partial charge in [0.05, 0.1) is 12.0 Å². The van der Waals surface area contributed by atoms with E-state index >= 15 is 0 Å². The maximum Gasteiger partial charge on any atom is 0.212 e. The number of sulfonamides is 1. The van der Waals surface area contributed by atoms with Crippen molar-refractivity contribution < 1.29 is 17.9 Å². The van der Waals surface area contributed by atoms with Crippen LogP contribution in [-0.2, 0) is 10.0 Å². The Kier molecular flexibility index (Phi) is 5.17. The third-order valence-electron chi connectivity index (χ3n) is 3.21. The second-order valence-electron chi connectivity index (χ2n) is 4.97.